The maximum Gasteiger partial charge on any atom is 0.335 e. The molecular weight excluding hydrogens is 467 g/mol. The Bertz CT molecular complexity index is 1370. The highest BCUT2D eigenvalue weighted by Crippen LogP contribution is 2.35. The number of carboxylic acids is 1. The van der Waals surface area contributed by atoms with Crippen LogP contribution in [0.3, 0.4) is 0 Å². The number of methoxy groups -OCH3 is 1. The first-order chi connectivity index (χ1) is 14.4. The average molecular weight is 485 g/mol. The number of carbonyl (C=O) groups is 1. The Hall–Kier alpha value is -2.76. The predicted octanol–water partition coefficient (Wildman–Crippen LogP) is 3.64. The third-order valence-corrected chi connectivity index (χ3v) is 8.13. The summed E-state index contributed by atoms with van der Waals surface area (Å²) < 4.78 is 69.1. The van der Waals surface area contributed by atoms with E-state index in [1.165, 1.54) is 49.6 Å². The van der Waals surface area contributed by atoms with Gasteiger partial charge < -0.3 is 9.84 Å². The molecule has 0 amide bonds. The fraction of sp³-hybridized carbons (Fsp3) is 0.150. The Morgan fingerprint density at radius 3 is 2.32 bits per heavy atom. The van der Waals surface area contributed by atoms with Crippen LogP contribution in [0.1, 0.15) is 15.9 Å². The van der Waals surface area contributed by atoms with Gasteiger partial charge in [-0.05, 0) is 53.6 Å². The van der Waals surface area contributed by atoms with Crippen LogP contribution in [0, 0.1) is 5.13 Å². The van der Waals surface area contributed by atoms with Gasteiger partial charge in [-0.25, -0.2) is 21.6 Å². The van der Waals surface area contributed by atoms with Gasteiger partial charge in [0.2, 0.25) is 0 Å². The zero-order valence-electron chi connectivity index (χ0n) is 16.3. The highest BCUT2D eigenvalue weighted by atomic mass is 32.2. The molecule has 1 heterocycles. The monoisotopic (exact) mass is 484 g/mol. The highest BCUT2D eigenvalue weighted by Gasteiger charge is 2.25. The van der Waals surface area contributed by atoms with Crippen molar-refractivity contribution in [1.29, 1.82) is 0 Å². The molecule has 164 valence electrons. The van der Waals surface area contributed by atoms with E-state index in [0.717, 1.165) is 23.7 Å². The zero-order chi connectivity index (χ0) is 23.0. The SMILES string of the molecule is COc1ccc(C(=O)O)cc1S(=O)(=O)Cc1cc(S(C)(=O)=O)ccc1-c1ccc(F)s1. The van der Waals surface area contributed by atoms with Gasteiger partial charge in [-0.3, -0.25) is 0 Å². The topological polar surface area (TPSA) is 115 Å². The summed E-state index contributed by atoms with van der Waals surface area (Å²) in [5.74, 6) is -2.01. The number of hydrogen-bond acceptors (Lipinski definition) is 7. The van der Waals surface area contributed by atoms with Gasteiger partial charge in [-0.2, -0.15) is 4.39 Å². The van der Waals surface area contributed by atoms with Gasteiger partial charge in [-0.15, -0.1) is 11.3 Å². The number of aromatic carboxylic acids is 1. The molecule has 0 bridgehead atoms. The average Bonchev–Trinajstić information content (AvgIpc) is 3.12. The summed E-state index contributed by atoms with van der Waals surface area (Å²) in [7, 11) is -6.56. The number of ether oxygens (including phenoxy) is 1. The first kappa shape index (κ1) is 22.9. The van der Waals surface area contributed by atoms with Crippen LogP contribution in [0.2, 0.25) is 0 Å². The van der Waals surface area contributed by atoms with E-state index in [-0.39, 0.29) is 26.7 Å². The molecule has 3 aromatic rings. The van der Waals surface area contributed by atoms with E-state index >= 15 is 0 Å². The number of rotatable bonds is 7. The molecule has 11 heteroatoms. The van der Waals surface area contributed by atoms with E-state index in [9.17, 15) is 31.1 Å². The third kappa shape index (κ3) is 4.94. The number of carboxylic acid groups (broad SMARTS) is 1. The lowest BCUT2D eigenvalue weighted by Gasteiger charge is -2.14. The van der Waals surface area contributed by atoms with Crippen molar-refractivity contribution in [2.24, 2.45) is 0 Å². The number of halogens is 1. The van der Waals surface area contributed by atoms with E-state index in [4.69, 9.17) is 4.74 Å². The van der Waals surface area contributed by atoms with Crippen molar-refractivity contribution in [2.45, 2.75) is 15.5 Å². The minimum absolute atomic E-state index is 0.0482. The van der Waals surface area contributed by atoms with Crippen LogP contribution in [-0.4, -0.2) is 41.3 Å². The van der Waals surface area contributed by atoms with E-state index < -0.39 is 36.5 Å². The van der Waals surface area contributed by atoms with E-state index in [0.29, 0.717) is 10.4 Å². The Balaban J connectivity index is 2.18. The van der Waals surface area contributed by atoms with Crippen molar-refractivity contribution in [3.63, 3.8) is 0 Å². The first-order valence-corrected chi connectivity index (χ1v) is 13.0. The number of hydrogen-bond donors (Lipinski definition) is 1. The normalized spacial score (nSPS) is 12.0. The van der Waals surface area contributed by atoms with Gasteiger partial charge >= 0.3 is 5.97 Å². The molecule has 0 atom stereocenters. The van der Waals surface area contributed by atoms with E-state index in [1.54, 1.807) is 0 Å². The Morgan fingerprint density at radius 1 is 1.06 bits per heavy atom. The lowest BCUT2D eigenvalue weighted by molar-refractivity contribution is 0.0696. The Labute approximate surface area is 182 Å². The van der Waals surface area contributed by atoms with Gasteiger partial charge in [0, 0.05) is 11.1 Å². The van der Waals surface area contributed by atoms with Crippen molar-refractivity contribution in [3.8, 4) is 16.2 Å². The van der Waals surface area contributed by atoms with Gasteiger partial charge in [-0.1, -0.05) is 6.07 Å². The summed E-state index contributed by atoms with van der Waals surface area (Å²) in [5, 5.41) is 8.73. The molecule has 0 aliphatic rings. The summed E-state index contributed by atoms with van der Waals surface area (Å²) in [5.41, 5.74) is 0.246. The number of thiophene rings is 1. The van der Waals surface area contributed by atoms with Crippen LogP contribution in [0.5, 0.6) is 5.75 Å². The summed E-state index contributed by atoms with van der Waals surface area (Å²) >= 11 is 0.791. The molecule has 0 saturated heterocycles. The largest absolute Gasteiger partial charge is 0.495 e. The molecule has 31 heavy (non-hydrogen) atoms. The second kappa shape index (κ2) is 8.40. The van der Waals surface area contributed by atoms with Gasteiger partial charge in [0.1, 0.15) is 10.6 Å². The quantitative estimate of drug-likeness (QED) is 0.544. The molecule has 0 unspecified atom stereocenters. The maximum atomic E-state index is 13.6. The van der Waals surface area contributed by atoms with Gasteiger partial charge in [0.15, 0.2) is 24.8 Å². The Morgan fingerprint density at radius 2 is 1.77 bits per heavy atom. The zero-order valence-corrected chi connectivity index (χ0v) is 18.8. The molecule has 0 fully saturated rings. The van der Waals surface area contributed by atoms with E-state index in [1.807, 2.05) is 0 Å². The summed E-state index contributed by atoms with van der Waals surface area (Å²) in [6.07, 6.45) is 0.991. The molecule has 2 aromatic carbocycles. The predicted molar refractivity (Wildman–Crippen MR) is 114 cm³/mol. The van der Waals surface area contributed by atoms with Gasteiger partial charge in [0.05, 0.1) is 23.3 Å². The van der Waals surface area contributed by atoms with Crippen molar-refractivity contribution in [2.75, 3.05) is 13.4 Å². The minimum atomic E-state index is -4.17. The molecule has 7 nitrogen and oxygen atoms in total. The lowest BCUT2D eigenvalue weighted by atomic mass is 10.1. The summed E-state index contributed by atoms with van der Waals surface area (Å²) in [6, 6.07) is 10.1. The first-order valence-electron chi connectivity index (χ1n) is 8.65. The molecule has 1 N–H and O–H groups in total. The molecule has 0 aliphatic carbocycles. The molecule has 0 spiro atoms. The second-order valence-corrected chi connectivity index (χ2v) is 11.6. The van der Waals surface area contributed by atoms with Crippen LogP contribution < -0.4 is 4.74 Å². The lowest BCUT2D eigenvalue weighted by Crippen LogP contribution is -2.10. The Kier molecular flexibility index (Phi) is 6.21. The fourth-order valence-corrected chi connectivity index (χ4v) is 5.99. The van der Waals surface area contributed by atoms with Crippen LogP contribution in [0.25, 0.3) is 10.4 Å². The molecule has 0 radical (unpaired) electrons. The van der Waals surface area contributed by atoms with Crippen molar-refractivity contribution in [3.05, 3.63) is 64.8 Å². The second-order valence-electron chi connectivity index (χ2n) is 6.62. The van der Waals surface area contributed by atoms with Crippen molar-refractivity contribution in [1.82, 2.24) is 0 Å². The van der Waals surface area contributed by atoms with E-state index in [2.05, 4.69) is 0 Å². The van der Waals surface area contributed by atoms with Crippen molar-refractivity contribution < 1.29 is 35.9 Å². The smallest absolute Gasteiger partial charge is 0.335 e. The molecule has 3 rings (SSSR count). The maximum absolute atomic E-state index is 13.6. The van der Waals surface area contributed by atoms with Crippen LogP contribution in [-0.2, 0) is 25.4 Å². The fourth-order valence-electron chi connectivity index (χ4n) is 2.95. The highest BCUT2D eigenvalue weighted by molar-refractivity contribution is 7.91. The van der Waals surface area contributed by atoms with Gasteiger partial charge in [0.25, 0.3) is 0 Å². The third-order valence-electron chi connectivity index (χ3n) is 4.43. The van der Waals surface area contributed by atoms with Crippen LogP contribution in [0.4, 0.5) is 4.39 Å². The summed E-state index contributed by atoms with van der Waals surface area (Å²) in [4.78, 5) is 11.3. The molecule has 0 aliphatic heterocycles. The molecule has 1 aromatic heterocycles. The molecule has 0 saturated carbocycles. The van der Waals surface area contributed by atoms with Crippen molar-refractivity contribution >= 4 is 37.0 Å². The number of benzene rings is 2. The minimum Gasteiger partial charge on any atom is -0.495 e. The van der Waals surface area contributed by atoms with Crippen LogP contribution in [0.15, 0.2) is 58.3 Å². The molecular formula is C20H17FO7S3. The number of sulfone groups is 2. The standard InChI is InChI=1S/C20H17FO7S3/c1-28-16-6-3-12(20(22)23)10-18(16)31(26,27)11-13-9-14(30(2,24)25)4-5-15(13)17-7-8-19(21)29-17/h3-10H,11H2,1-2H3,(H,22,23). The van der Waals surface area contributed by atoms with Crippen LogP contribution >= 0.6 is 11.3 Å². The summed E-state index contributed by atoms with van der Waals surface area (Å²) in [6.45, 7) is 0.